The first-order chi connectivity index (χ1) is 16.4. The monoisotopic (exact) mass is 462 g/mol. The lowest BCUT2D eigenvalue weighted by atomic mass is 9.69. The van der Waals surface area contributed by atoms with Gasteiger partial charge in [-0.2, -0.15) is 0 Å². The number of hydrogen-bond donors (Lipinski definition) is 1. The highest BCUT2D eigenvalue weighted by atomic mass is 15.3. The van der Waals surface area contributed by atoms with Gasteiger partial charge in [-0.3, -0.25) is 0 Å². The molecule has 1 N–H and O–H groups in total. The van der Waals surface area contributed by atoms with Gasteiger partial charge in [-0.25, -0.2) is 0 Å². The van der Waals surface area contributed by atoms with E-state index in [0.29, 0.717) is 11.1 Å². The molecule has 1 unspecified atom stereocenters. The molecule has 0 aromatic rings. The van der Waals surface area contributed by atoms with E-state index in [9.17, 15) is 0 Å². The maximum atomic E-state index is 4.05. The molecule has 0 amide bonds. The smallest absolute Gasteiger partial charge is 0.0367 e. The fraction of sp³-hybridized carbons (Fsp3) is 0.750. The van der Waals surface area contributed by atoms with E-state index in [-0.39, 0.29) is 5.41 Å². The summed E-state index contributed by atoms with van der Waals surface area (Å²) in [6.45, 7) is 11.5. The second kappa shape index (κ2) is 10.1. The molecule has 3 aliphatic carbocycles. The standard InChI is InChI=1S/C32H50N2/c1-30(2,25-31(3)32(33-31)20-7-5-4-6-8-21-32)29-17-15-28(16-18-29)27-13-11-26(12-14-27)19-24-34-22-9-10-23-34/h11,13,15,17,33H,4-10,12,14,16,18-25H2,1-3H3. The van der Waals surface area contributed by atoms with Gasteiger partial charge in [0.2, 0.25) is 0 Å². The number of nitrogens with one attached hydrogen (secondary N) is 1. The van der Waals surface area contributed by atoms with Gasteiger partial charge < -0.3 is 10.2 Å². The minimum absolute atomic E-state index is 0.277. The van der Waals surface area contributed by atoms with Gasteiger partial charge in [-0.15, -0.1) is 0 Å². The first-order valence-corrected chi connectivity index (χ1v) is 14.7. The highest BCUT2D eigenvalue weighted by Gasteiger charge is 2.63. The molecule has 2 saturated heterocycles. The van der Waals surface area contributed by atoms with Gasteiger partial charge in [0.1, 0.15) is 0 Å². The molecule has 0 radical (unpaired) electrons. The Bertz CT molecular complexity index is 855. The molecule has 0 aromatic carbocycles. The van der Waals surface area contributed by atoms with Gasteiger partial charge in [0.05, 0.1) is 0 Å². The Balaban J connectivity index is 1.18. The van der Waals surface area contributed by atoms with E-state index < -0.39 is 0 Å². The molecule has 3 fully saturated rings. The summed E-state index contributed by atoms with van der Waals surface area (Å²) in [4.78, 5) is 2.65. The lowest BCUT2D eigenvalue weighted by Gasteiger charge is -2.35. The highest BCUT2D eigenvalue weighted by Crippen LogP contribution is 2.54. The quantitative estimate of drug-likeness (QED) is 0.387. The third kappa shape index (κ3) is 5.34. The fourth-order valence-electron chi connectivity index (χ4n) is 7.83. The van der Waals surface area contributed by atoms with Crippen molar-refractivity contribution >= 4 is 0 Å². The second-order valence-electron chi connectivity index (χ2n) is 13.1. The van der Waals surface area contributed by atoms with Crippen molar-refractivity contribution in [3.05, 3.63) is 46.6 Å². The molecular weight excluding hydrogens is 412 g/mol. The van der Waals surface area contributed by atoms with Gasteiger partial charge in [-0.05, 0) is 101 Å². The average Bonchev–Trinajstić information content (AvgIpc) is 3.11. The Morgan fingerprint density at radius 3 is 2.06 bits per heavy atom. The van der Waals surface area contributed by atoms with Crippen molar-refractivity contribution in [1.82, 2.24) is 10.2 Å². The van der Waals surface area contributed by atoms with Gasteiger partial charge in [0, 0.05) is 17.6 Å². The van der Waals surface area contributed by atoms with Crippen molar-refractivity contribution < 1.29 is 0 Å². The summed E-state index contributed by atoms with van der Waals surface area (Å²) < 4.78 is 0. The molecule has 2 heteroatoms. The van der Waals surface area contributed by atoms with Crippen LogP contribution in [-0.2, 0) is 0 Å². The van der Waals surface area contributed by atoms with Crippen molar-refractivity contribution in [2.75, 3.05) is 19.6 Å². The summed E-state index contributed by atoms with van der Waals surface area (Å²) in [6.07, 6.45) is 30.2. The zero-order valence-electron chi connectivity index (χ0n) is 22.5. The van der Waals surface area contributed by atoms with E-state index in [2.05, 4.69) is 55.3 Å². The van der Waals surface area contributed by atoms with Crippen LogP contribution in [0.5, 0.6) is 0 Å². The van der Waals surface area contributed by atoms with Crippen LogP contribution in [-0.4, -0.2) is 35.6 Å². The van der Waals surface area contributed by atoms with Crippen LogP contribution in [0.3, 0.4) is 0 Å². The summed E-state index contributed by atoms with van der Waals surface area (Å²) in [5, 5.41) is 4.05. The van der Waals surface area contributed by atoms with E-state index in [1.54, 1.807) is 22.3 Å². The molecule has 34 heavy (non-hydrogen) atoms. The average molecular weight is 463 g/mol. The van der Waals surface area contributed by atoms with Crippen molar-refractivity contribution in [1.29, 1.82) is 0 Å². The van der Waals surface area contributed by atoms with Crippen LogP contribution >= 0.6 is 0 Å². The van der Waals surface area contributed by atoms with Crippen LogP contribution in [0.15, 0.2) is 46.6 Å². The number of likely N-dealkylation sites (tertiary alicyclic amines) is 1. The van der Waals surface area contributed by atoms with Crippen molar-refractivity contribution in [2.45, 2.75) is 128 Å². The maximum Gasteiger partial charge on any atom is 0.0367 e. The summed E-state index contributed by atoms with van der Waals surface area (Å²) in [5.74, 6) is 0. The van der Waals surface area contributed by atoms with E-state index in [4.69, 9.17) is 0 Å². The topological polar surface area (TPSA) is 25.2 Å². The number of nitrogens with zero attached hydrogens (tertiary/aromatic N) is 1. The Labute approximate surface area is 210 Å². The maximum absolute atomic E-state index is 4.05. The van der Waals surface area contributed by atoms with Crippen molar-refractivity contribution in [3.63, 3.8) is 0 Å². The minimum atomic E-state index is 0.277. The van der Waals surface area contributed by atoms with E-state index in [1.807, 2.05) is 0 Å². The minimum Gasteiger partial charge on any atom is -0.303 e. The van der Waals surface area contributed by atoms with E-state index in [1.165, 1.54) is 116 Å². The van der Waals surface area contributed by atoms with Gasteiger partial charge >= 0.3 is 0 Å². The zero-order valence-corrected chi connectivity index (χ0v) is 22.5. The lowest BCUT2D eigenvalue weighted by Crippen LogP contribution is -2.31. The molecule has 5 aliphatic rings. The molecule has 0 bridgehead atoms. The van der Waals surface area contributed by atoms with Crippen LogP contribution in [0.4, 0.5) is 0 Å². The fourth-order valence-corrected chi connectivity index (χ4v) is 7.83. The predicted octanol–water partition coefficient (Wildman–Crippen LogP) is 8.03. The molecule has 188 valence electrons. The molecule has 2 heterocycles. The Hall–Kier alpha value is -1.12. The highest BCUT2D eigenvalue weighted by molar-refractivity contribution is 5.43. The van der Waals surface area contributed by atoms with Gasteiger partial charge in [-0.1, -0.05) is 81.4 Å². The normalized spacial score (nSPS) is 30.2. The third-order valence-electron chi connectivity index (χ3n) is 10.1. The molecule has 2 nitrogen and oxygen atoms in total. The number of rotatable bonds is 7. The van der Waals surface area contributed by atoms with E-state index in [0.717, 1.165) is 0 Å². The van der Waals surface area contributed by atoms with Crippen LogP contribution in [0.2, 0.25) is 0 Å². The van der Waals surface area contributed by atoms with E-state index >= 15 is 0 Å². The van der Waals surface area contributed by atoms with Crippen LogP contribution in [0.25, 0.3) is 0 Å². The van der Waals surface area contributed by atoms with Crippen molar-refractivity contribution in [3.8, 4) is 0 Å². The zero-order chi connectivity index (χ0) is 23.7. The Kier molecular flexibility index (Phi) is 7.29. The SMILES string of the molecule is CC(C)(CC1(C)NC12CCCCCCC2)C1=CC=C(C2=CC=C(CCN3CCCC3)CC2)CC1. The molecule has 5 rings (SSSR count). The summed E-state index contributed by atoms with van der Waals surface area (Å²) in [5.41, 5.74) is 7.58. The van der Waals surface area contributed by atoms with Crippen molar-refractivity contribution in [2.24, 2.45) is 5.41 Å². The largest absolute Gasteiger partial charge is 0.303 e. The molecule has 2 aliphatic heterocycles. The molecular formula is C32H50N2. The summed E-state index contributed by atoms with van der Waals surface area (Å²) in [7, 11) is 0. The lowest BCUT2D eigenvalue weighted by molar-refractivity contribution is 0.306. The number of allylic oxidation sites excluding steroid dienone is 7. The molecule has 1 atom stereocenters. The van der Waals surface area contributed by atoms with Crippen LogP contribution in [0, 0.1) is 5.41 Å². The molecule has 1 saturated carbocycles. The first kappa shape index (κ1) is 24.6. The van der Waals surface area contributed by atoms with Crippen LogP contribution < -0.4 is 5.32 Å². The predicted molar refractivity (Wildman–Crippen MR) is 146 cm³/mol. The van der Waals surface area contributed by atoms with Gasteiger partial charge in [0.15, 0.2) is 0 Å². The summed E-state index contributed by atoms with van der Waals surface area (Å²) in [6, 6.07) is 0. The molecule has 1 spiro atoms. The Morgan fingerprint density at radius 2 is 1.44 bits per heavy atom. The van der Waals surface area contributed by atoms with Gasteiger partial charge in [0.25, 0.3) is 0 Å². The third-order valence-corrected chi connectivity index (χ3v) is 10.1. The second-order valence-corrected chi connectivity index (χ2v) is 13.1. The summed E-state index contributed by atoms with van der Waals surface area (Å²) >= 11 is 0. The number of hydrogen-bond acceptors (Lipinski definition) is 2. The molecule has 0 aromatic heterocycles. The van der Waals surface area contributed by atoms with Crippen LogP contribution in [0.1, 0.15) is 117 Å². The first-order valence-electron chi connectivity index (χ1n) is 14.7. The Morgan fingerprint density at radius 1 is 0.794 bits per heavy atom.